The highest BCUT2D eigenvalue weighted by Crippen LogP contribution is 2.13. The lowest BCUT2D eigenvalue weighted by Gasteiger charge is -2.34. The molecule has 1 saturated heterocycles. The SMILES string of the molecule is N#CCCN1CCN(Cc2ccc(Br)cc2)CC1. The fourth-order valence-electron chi connectivity index (χ4n) is 2.23. The standard InChI is InChI=1S/C14H18BrN3/c15-14-4-2-13(3-5-14)12-18-10-8-17(9-11-18)7-1-6-16/h2-5H,1,7-12H2. The Morgan fingerprint density at radius 2 is 1.67 bits per heavy atom. The zero-order chi connectivity index (χ0) is 12.8. The first-order valence-corrected chi connectivity index (χ1v) is 7.13. The molecule has 0 bridgehead atoms. The molecule has 0 radical (unpaired) electrons. The lowest BCUT2D eigenvalue weighted by Crippen LogP contribution is -2.46. The fraction of sp³-hybridized carbons (Fsp3) is 0.500. The van der Waals surface area contributed by atoms with E-state index in [0.717, 1.165) is 43.7 Å². The Bertz CT molecular complexity index is 402. The van der Waals surface area contributed by atoms with E-state index < -0.39 is 0 Å². The van der Waals surface area contributed by atoms with Gasteiger partial charge in [-0.25, -0.2) is 0 Å². The van der Waals surface area contributed by atoms with Crippen molar-refractivity contribution in [2.75, 3.05) is 32.7 Å². The van der Waals surface area contributed by atoms with Gasteiger partial charge in [0.25, 0.3) is 0 Å². The van der Waals surface area contributed by atoms with Crippen LogP contribution in [0.5, 0.6) is 0 Å². The molecular weight excluding hydrogens is 290 g/mol. The molecule has 1 aromatic carbocycles. The molecule has 1 aromatic rings. The van der Waals surface area contributed by atoms with Crippen molar-refractivity contribution in [3.63, 3.8) is 0 Å². The largest absolute Gasteiger partial charge is 0.300 e. The zero-order valence-electron chi connectivity index (χ0n) is 10.5. The minimum atomic E-state index is 0.646. The van der Waals surface area contributed by atoms with Crippen LogP contribution < -0.4 is 0 Å². The normalized spacial score (nSPS) is 17.6. The summed E-state index contributed by atoms with van der Waals surface area (Å²) in [4.78, 5) is 4.85. The van der Waals surface area contributed by atoms with Crippen molar-refractivity contribution in [3.8, 4) is 6.07 Å². The van der Waals surface area contributed by atoms with Crippen LogP contribution in [0.1, 0.15) is 12.0 Å². The van der Waals surface area contributed by atoms with E-state index in [1.54, 1.807) is 0 Å². The Labute approximate surface area is 117 Å². The van der Waals surface area contributed by atoms with Crippen molar-refractivity contribution in [2.24, 2.45) is 0 Å². The van der Waals surface area contributed by atoms with Crippen molar-refractivity contribution < 1.29 is 0 Å². The van der Waals surface area contributed by atoms with Crippen LogP contribution in [0.15, 0.2) is 28.7 Å². The molecule has 1 aliphatic rings. The summed E-state index contributed by atoms with van der Waals surface area (Å²) in [6.07, 6.45) is 0.646. The number of halogens is 1. The van der Waals surface area contributed by atoms with Gasteiger partial charge < -0.3 is 0 Å². The number of hydrogen-bond donors (Lipinski definition) is 0. The molecule has 96 valence electrons. The topological polar surface area (TPSA) is 30.3 Å². The number of benzene rings is 1. The van der Waals surface area contributed by atoms with Gasteiger partial charge in [0.1, 0.15) is 0 Å². The summed E-state index contributed by atoms with van der Waals surface area (Å²) >= 11 is 3.46. The average Bonchev–Trinajstić information content (AvgIpc) is 2.41. The van der Waals surface area contributed by atoms with Crippen LogP contribution >= 0.6 is 15.9 Å². The lowest BCUT2D eigenvalue weighted by atomic mass is 10.2. The van der Waals surface area contributed by atoms with E-state index in [4.69, 9.17) is 5.26 Å². The minimum absolute atomic E-state index is 0.646. The predicted octanol–water partition coefficient (Wildman–Crippen LogP) is 2.48. The Hall–Kier alpha value is -0.890. The summed E-state index contributed by atoms with van der Waals surface area (Å²) in [5.41, 5.74) is 1.36. The van der Waals surface area contributed by atoms with Crippen LogP contribution in [0.3, 0.4) is 0 Å². The summed E-state index contributed by atoms with van der Waals surface area (Å²) in [6.45, 7) is 6.31. The highest BCUT2D eigenvalue weighted by atomic mass is 79.9. The third kappa shape index (κ3) is 4.09. The highest BCUT2D eigenvalue weighted by Gasteiger charge is 2.16. The monoisotopic (exact) mass is 307 g/mol. The van der Waals surface area contributed by atoms with Gasteiger partial charge in [-0.3, -0.25) is 9.80 Å². The molecule has 0 spiro atoms. The number of rotatable bonds is 4. The van der Waals surface area contributed by atoms with Crippen molar-refractivity contribution >= 4 is 15.9 Å². The predicted molar refractivity (Wildman–Crippen MR) is 76.1 cm³/mol. The molecule has 0 atom stereocenters. The second kappa shape index (κ2) is 6.89. The Balaban J connectivity index is 1.76. The molecule has 0 aliphatic carbocycles. The average molecular weight is 308 g/mol. The van der Waals surface area contributed by atoms with Crippen LogP contribution in [0.25, 0.3) is 0 Å². The quantitative estimate of drug-likeness (QED) is 0.856. The lowest BCUT2D eigenvalue weighted by molar-refractivity contribution is 0.129. The number of hydrogen-bond acceptors (Lipinski definition) is 3. The van der Waals surface area contributed by atoms with Crippen LogP contribution in [0.2, 0.25) is 0 Å². The molecule has 2 rings (SSSR count). The molecule has 0 unspecified atom stereocenters. The zero-order valence-corrected chi connectivity index (χ0v) is 12.1. The van der Waals surface area contributed by atoms with Gasteiger partial charge in [-0.2, -0.15) is 5.26 Å². The second-order valence-corrected chi connectivity index (χ2v) is 5.57. The maximum atomic E-state index is 8.58. The third-order valence-corrected chi connectivity index (χ3v) is 3.85. The van der Waals surface area contributed by atoms with Crippen LogP contribution in [-0.4, -0.2) is 42.5 Å². The first-order valence-electron chi connectivity index (χ1n) is 6.34. The second-order valence-electron chi connectivity index (χ2n) is 4.65. The van der Waals surface area contributed by atoms with Gasteiger partial charge in [0.05, 0.1) is 6.07 Å². The van der Waals surface area contributed by atoms with Gasteiger partial charge in [0.2, 0.25) is 0 Å². The molecule has 0 amide bonds. The summed E-state index contributed by atoms with van der Waals surface area (Å²) in [7, 11) is 0. The van der Waals surface area contributed by atoms with E-state index in [0.29, 0.717) is 6.42 Å². The molecule has 4 heteroatoms. The molecule has 0 N–H and O–H groups in total. The van der Waals surface area contributed by atoms with E-state index in [9.17, 15) is 0 Å². The van der Waals surface area contributed by atoms with Crippen LogP contribution in [-0.2, 0) is 6.54 Å². The molecule has 0 aromatic heterocycles. The Morgan fingerprint density at radius 1 is 1.06 bits per heavy atom. The van der Waals surface area contributed by atoms with Crippen molar-refractivity contribution in [1.29, 1.82) is 5.26 Å². The molecule has 1 aliphatic heterocycles. The summed E-state index contributed by atoms with van der Waals surface area (Å²) < 4.78 is 1.13. The van der Waals surface area contributed by atoms with E-state index in [1.165, 1.54) is 5.56 Å². The van der Waals surface area contributed by atoms with Gasteiger partial charge in [-0.15, -0.1) is 0 Å². The maximum absolute atomic E-state index is 8.58. The third-order valence-electron chi connectivity index (χ3n) is 3.32. The Kier molecular flexibility index (Phi) is 5.18. The van der Waals surface area contributed by atoms with Crippen LogP contribution in [0.4, 0.5) is 0 Å². The van der Waals surface area contributed by atoms with E-state index in [2.05, 4.69) is 56.1 Å². The number of piperazine rings is 1. The first-order chi connectivity index (χ1) is 8.78. The van der Waals surface area contributed by atoms with Crippen molar-refractivity contribution in [2.45, 2.75) is 13.0 Å². The molecule has 0 saturated carbocycles. The summed E-state index contributed by atoms with van der Waals surface area (Å²) in [5, 5.41) is 8.58. The van der Waals surface area contributed by atoms with Gasteiger partial charge in [0, 0.05) is 50.2 Å². The molecule has 18 heavy (non-hydrogen) atoms. The van der Waals surface area contributed by atoms with Crippen LogP contribution in [0, 0.1) is 11.3 Å². The van der Waals surface area contributed by atoms with Crippen molar-refractivity contribution in [3.05, 3.63) is 34.3 Å². The fourth-order valence-corrected chi connectivity index (χ4v) is 2.49. The van der Waals surface area contributed by atoms with Gasteiger partial charge in [0.15, 0.2) is 0 Å². The summed E-state index contributed by atoms with van der Waals surface area (Å²) in [5.74, 6) is 0. The Morgan fingerprint density at radius 3 is 2.28 bits per heavy atom. The van der Waals surface area contributed by atoms with Crippen molar-refractivity contribution in [1.82, 2.24) is 9.80 Å². The van der Waals surface area contributed by atoms with Gasteiger partial charge in [-0.05, 0) is 17.7 Å². The first kappa shape index (κ1) is 13.5. The molecule has 1 heterocycles. The number of nitrogens with zero attached hydrogens (tertiary/aromatic N) is 3. The molecule has 1 fully saturated rings. The highest BCUT2D eigenvalue weighted by molar-refractivity contribution is 9.10. The smallest absolute Gasteiger partial charge is 0.0635 e. The molecular formula is C14H18BrN3. The van der Waals surface area contributed by atoms with Gasteiger partial charge in [-0.1, -0.05) is 28.1 Å². The summed E-state index contributed by atoms with van der Waals surface area (Å²) in [6, 6.07) is 10.7. The minimum Gasteiger partial charge on any atom is -0.300 e. The van der Waals surface area contributed by atoms with E-state index >= 15 is 0 Å². The van der Waals surface area contributed by atoms with E-state index in [1.807, 2.05) is 0 Å². The molecule has 3 nitrogen and oxygen atoms in total. The maximum Gasteiger partial charge on any atom is 0.0635 e. The van der Waals surface area contributed by atoms with Gasteiger partial charge >= 0.3 is 0 Å². The number of nitriles is 1. The van der Waals surface area contributed by atoms with E-state index in [-0.39, 0.29) is 0 Å².